The Balaban J connectivity index is 2.05. The molecule has 3 aromatic rings. The van der Waals surface area contributed by atoms with Gasteiger partial charge in [-0.1, -0.05) is 0 Å². The number of aryl methyl sites for hydroxylation is 3. The molecule has 0 aliphatic carbocycles. The van der Waals surface area contributed by atoms with Gasteiger partial charge in [-0.3, -0.25) is 14.3 Å². The molecule has 3 aromatic heterocycles. The van der Waals surface area contributed by atoms with Gasteiger partial charge >= 0.3 is 5.97 Å². The number of ether oxygens (including phenoxy) is 1. The lowest BCUT2D eigenvalue weighted by Crippen LogP contribution is -2.29. The van der Waals surface area contributed by atoms with Crippen LogP contribution >= 0.6 is 0 Å². The fraction of sp³-hybridized carbons (Fsp3) is 0.368. The monoisotopic (exact) mass is 385 g/mol. The average molecular weight is 385 g/mol. The first-order chi connectivity index (χ1) is 13.4. The SMILES string of the molecule is COC(=O)C[C@H](c1cnn(C)c1)c1c(O)cc(C)n(CCc2cnc[nH]2)c1=O. The molecule has 0 fully saturated rings. The zero-order valence-corrected chi connectivity index (χ0v) is 16.0. The van der Waals surface area contributed by atoms with Crippen molar-refractivity contribution in [3.63, 3.8) is 0 Å². The van der Waals surface area contributed by atoms with Gasteiger partial charge in [-0.25, -0.2) is 4.98 Å². The average Bonchev–Trinajstić information content (AvgIpc) is 3.31. The Morgan fingerprint density at radius 1 is 1.39 bits per heavy atom. The van der Waals surface area contributed by atoms with Crippen molar-refractivity contribution in [2.45, 2.75) is 32.2 Å². The van der Waals surface area contributed by atoms with Crippen LogP contribution in [0, 0.1) is 6.92 Å². The number of H-pyrrole nitrogens is 1. The van der Waals surface area contributed by atoms with Crippen LogP contribution in [0.3, 0.4) is 0 Å². The summed E-state index contributed by atoms with van der Waals surface area (Å²) in [4.78, 5) is 32.2. The van der Waals surface area contributed by atoms with Crippen LogP contribution in [0.5, 0.6) is 5.75 Å². The van der Waals surface area contributed by atoms with Crippen molar-refractivity contribution >= 4 is 5.97 Å². The molecule has 0 saturated heterocycles. The number of rotatable bonds is 7. The molecule has 148 valence electrons. The second-order valence-corrected chi connectivity index (χ2v) is 6.65. The van der Waals surface area contributed by atoms with Crippen LogP contribution < -0.4 is 5.56 Å². The Kier molecular flexibility index (Phi) is 5.62. The van der Waals surface area contributed by atoms with Crippen LogP contribution in [0.4, 0.5) is 0 Å². The van der Waals surface area contributed by atoms with Gasteiger partial charge in [0.15, 0.2) is 0 Å². The van der Waals surface area contributed by atoms with Gasteiger partial charge in [0, 0.05) is 49.7 Å². The highest BCUT2D eigenvalue weighted by Crippen LogP contribution is 2.32. The molecule has 0 aliphatic rings. The second kappa shape index (κ2) is 8.12. The van der Waals surface area contributed by atoms with E-state index in [0.29, 0.717) is 24.2 Å². The third kappa shape index (κ3) is 3.98. The van der Waals surface area contributed by atoms with Crippen LogP contribution in [0.25, 0.3) is 0 Å². The van der Waals surface area contributed by atoms with E-state index < -0.39 is 11.9 Å². The van der Waals surface area contributed by atoms with Crippen molar-refractivity contribution in [3.8, 4) is 5.75 Å². The number of hydrogen-bond acceptors (Lipinski definition) is 6. The molecular formula is C19H23N5O4. The largest absolute Gasteiger partial charge is 0.507 e. The van der Waals surface area contributed by atoms with E-state index in [1.54, 1.807) is 54.2 Å². The molecule has 28 heavy (non-hydrogen) atoms. The number of carbonyl (C=O) groups is 1. The molecule has 0 spiro atoms. The first kappa shape index (κ1) is 19.4. The van der Waals surface area contributed by atoms with Crippen molar-refractivity contribution in [1.29, 1.82) is 0 Å². The quantitative estimate of drug-likeness (QED) is 0.592. The summed E-state index contributed by atoms with van der Waals surface area (Å²) in [7, 11) is 3.04. The standard InChI is InChI=1S/C19H23N5O4/c1-12-6-16(25)18(19(27)24(12)5-4-14-9-20-11-21-14)15(7-17(26)28-3)13-8-22-23(2)10-13/h6,8-11,15,25H,4-5,7H2,1-3H3,(H,20,21)/t15-/m1/s1. The first-order valence-electron chi connectivity index (χ1n) is 8.86. The zero-order chi connectivity index (χ0) is 20.3. The summed E-state index contributed by atoms with van der Waals surface area (Å²) in [6.07, 6.45) is 7.11. The van der Waals surface area contributed by atoms with E-state index in [2.05, 4.69) is 15.1 Å². The molecule has 0 saturated carbocycles. The lowest BCUT2D eigenvalue weighted by molar-refractivity contribution is -0.140. The van der Waals surface area contributed by atoms with E-state index in [1.807, 2.05) is 0 Å². The Morgan fingerprint density at radius 2 is 2.18 bits per heavy atom. The predicted molar refractivity (Wildman–Crippen MR) is 101 cm³/mol. The number of aromatic nitrogens is 5. The maximum atomic E-state index is 13.3. The number of methoxy groups -OCH3 is 1. The Labute approximate surface area is 161 Å². The van der Waals surface area contributed by atoms with Gasteiger partial charge in [0.1, 0.15) is 5.75 Å². The van der Waals surface area contributed by atoms with E-state index in [-0.39, 0.29) is 23.3 Å². The predicted octanol–water partition coefficient (Wildman–Crippen LogP) is 1.26. The maximum absolute atomic E-state index is 13.3. The van der Waals surface area contributed by atoms with Gasteiger partial charge in [-0.15, -0.1) is 0 Å². The number of nitrogens with zero attached hydrogens (tertiary/aromatic N) is 4. The molecule has 0 bridgehead atoms. The summed E-state index contributed by atoms with van der Waals surface area (Å²) in [5, 5.41) is 14.7. The lowest BCUT2D eigenvalue weighted by atomic mass is 9.90. The fourth-order valence-corrected chi connectivity index (χ4v) is 3.28. The lowest BCUT2D eigenvalue weighted by Gasteiger charge is -2.19. The number of imidazole rings is 1. The van der Waals surface area contributed by atoms with Gasteiger partial charge < -0.3 is 19.4 Å². The van der Waals surface area contributed by atoms with E-state index in [0.717, 1.165) is 5.69 Å². The smallest absolute Gasteiger partial charge is 0.306 e. The minimum Gasteiger partial charge on any atom is -0.507 e. The topological polar surface area (TPSA) is 115 Å². The summed E-state index contributed by atoms with van der Waals surface area (Å²) in [6.45, 7) is 2.18. The van der Waals surface area contributed by atoms with E-state index in [1.165, 1.54) is 7.11 Å². The van der Waals surface area contributed by atoms with Crippen LogP contribution in [-0.2, 0) is 29.5 Å². The third-order valence-corrected chi connectivity index (χ3v) is 4.76. The normalized spacial score (nSPS) is 12.1. The van der Waals surface area contributed by atoms with E-state index in [4.69, 9.17) is 4.74 Å². The minimum absolute atomic E-state index is 0.0748. The van der Waals surface area contributed by atoms with Gasteiger partial charge in [0.05, 0.1) is 31.6 Å². The van der Waals surface area contributed by atoms with Crippen LogP contribution in [0.2, 0.25) is 0 Å². The number of esters is 1. The van der Waals surface area contributed by atoms with Crippen LogP contribution in [-0.4, -0.2) is 42.5 Å². The molecule has 2 N–H and O–H groups in total. The number of aromatic hydroxyl groups is 1. The van der Waals surface area contributed by atoms with Crippen molar-refractivity contribution in [2.24, 2.45) is 7.05 Å². The molecule has 9 heteroatoms. The fourth-order valence-electron chi connectivity index (χ4n) is 3.28. The van der Waals surface area contributed by atoms with Crippen LogP contribution in [0.1, 0.15) is 34.9 Å². The van der Waals surface area contributed by atoms with Crippen molar-refractivity contribution < 1.29 is 14.6 Å². The Hall–Kier alpha value is -3.36. The molecule has 0 amide bonds. The Bertz CT molecular complexity index is 1020. The van der Waals surface area contributed by atoms with Crippen LogP contribution in [0.15, 0.2) is 35.8 Å². The molecule has 0 radical (unpaired) electrons. The van der Waals surface area contributed by atoms with Gasteiger partial charge in [-0.05, 0) is 18.6 Å². The zero-order valence-electron chi connectivity index (χ0n) is 16.0. The number of aromatic amines is 1. The van der Waals surface area contributed by atoms with Gasteiger partial charge in [0.25, 0.3) is 5.56 Å². The second-order valence-electron chi connectivity index (χ2n) is 6.65. The van der Waals surface area contributed by atoms with Gasteiger partial charge in [-0.2, -0.15) is 5.10 Å². The first-order valence-corrected chi connectivity index (χ1v) is 8.86. The number of hydrogen-bond donors (Lipinski definition) is 2. The highest BCUT2D eigenvalue weighted by molar-refractivity contribution is 5.71. The summed E-state index contributed by atoms with van der Waals surface area (Å²) in [5.74, 6) is -1.28. The molecule has 3 rings (SSSR count). The van der Waals surface area contributed by atoms with Crippen molar-refractivity contribution in [3.05, 3.63) is 63.9 Å². The molecule has 0 aliphatic heterocycles. The molecule has 1 atom stereocenters. The molecule has 0 unspecified atom stereocenters. The maximum Gasteiger partial charge on any atom is 0.306 e. The molecular weight excluding hydrogens is 362 g/mol. The van der Waals surface area contributed by atoms with Crippen molar-refractivity contribution in [2.75, 3.05) is 7.11 Å². The number of pyridine rings is 1. The summed E-state index contributed by atoms with van der Waals surface area (Å²) < 4.78 is 7.97. The number of carbonyl (C=O) groups excluding carboxylic acids is 1. The van der Waals surface area contributed by atoms with Crippen molar-refractivity contribution in [1.82, 2.24) is 24.3 Å². The summed E-state index contributed by atoms with van der Waals surface area (Å²) >= 11 is 0. The van der Waals surface area contributed by atoms with Gasteiger partial charge in [0.2, 0.25) is 0 Å². The minimum atomic E-state index is -0.660. The molecule has 3 heterocycles. The van der Waals surface area contributed by atoms with E-state index in [9.17, 15) is 14.7 Å². The Morgan fingerprint density at radius 3 is 2.79 bits per heavy atom. The highest BCUT2D eigenvalue weighted by atomic mass is 16.5. The molecule has 0 aromatic carbocycles. The number of nitrogens with one attached hydrogen (secondary N) is 1. The molecule has 9 nitrogen and oxygen atoms in total. The third-order valence-electron chi connectivity index (χ3n) is 4.76. The highest BCUT2D eigenvalue weighted by Gasteiger charge is 2.27. The summed E-state index contributed by atoms with van der Waals surface area (Å²) in [6, 6.07) is 1.55. The van der Waals surface area contributed by atoms with E-state index >= 15 is 0 Å². The summed E-state index contributed by atoms with van der Waals surface area (Å²) in [5.41, 5.74) is 2.01.